The molecule has 0 aliphatic carbocycles. The van der Waals surface area contributed by atoms with Gasteiger partial charge in [0.25, 0.3) is 0 Å². The van der Waals surface area contributed by atoms with Gasteiger partial charge in [0, 0.05) is 26.2 Å². The lowest BCUT2D eigenvalue weighted by Crippen LogP contribution is -2.48. The van der Waals surface area contributed by atoms with E-state index in [1.807, 2.05) is 90.7 Å². The highest BCUT2D eigenvalue weighted by molar-refractivity contribution is 5.70. The van der Waals surface area contributed by atoms with Crippen molar-refractivity contribution >= 4 is 6.09 Å². The maximum Gasteiger partial charge on any atom is 0.411 e. The molecule has 1 aliphatic rings. The van der Waals surface area contributed by atoms with Crippen LogP contribution >= 0.6 is 0 Å². The van der Waals surface area contributed by atoms with Gasteiger partial charge in [-0.2, -0.15) is 0 Å². The van der Waals surface area contributed by atoms with Gasteiger partial charge in [0.2, 0.25) is 0 Å². The molecule has 0 spiro atoms. The Kier molecular flexibility index (Phi) is 9.20. The molecular formula is C31H37NO5. The molecule has 2 atom stereocenters. The zero-order chi connectivity index (χ0) is 26.1. The van der Waals surface area contributed by atoms with Gasteiger partial charge in [0.15, 0.2) is 0 Å². The van der Waals surface area contributed by atoms with E-state index in [2.05, 4.69) is 0 Å². The summed E-state index contributed by atoms with van der Waals surface area (Å²) in [5, 5.41) is 9.16. The second-order valence-electron chi connectivity index (χ2n) is 9.57. The van der Waals surface area contributed by atoms with Crippen LogP contribution in [0.2, 0.25) is 0 Å². The summed E-state index contributed by atoms with van der Waals surface area (Å²) in [6.07, 6.45) is 2.53. The highest BCUT2D eigenvalue weighted by atomic mass is 16.6. The van der Waals surface area contributed by atoms with Gasteiger partial charge in [-0.15, -0.1) is 0 Å². The molecule has 1 aliphatic heterocycles. The van der Waals surface area contributed by atoms with Crippen LogP contribution in [0.4, 0.5) is 4.79 Å². The Hall–Kier alpha value is -3.35. The lowest BCUT2D eigenvalue weighted by Gasteiger charge is -2.43. The fraction of sp³-hybridized carbons (Fsp3) is 0.387. The summed E-state index contributed by atoms with van der Waals surface area (Å²) in [7, 11) is 1.66. The summed E-state index contributed by atoms with van der Waals surface area (Å²) in [6, 6.07) is 25.9. The second kappa shape index (κ2) is 12.7. The van der Waals surface area contributed by atoms with Crippen LogP contribution in [-0.4, -0.2) is 43.0 Å². The Morgan fingerprint density at radius 2 is 1.70 bits per heavy atom. The van der Waals surface area contributed by atoms with Crippen molar-refractivity contribution in [3.05, 3.63) is 101 Å². The minimum atomic E-state index is -0.664. The molecule has 0 saturated carbocycles. The molecule has 0 bridgehead atoms. The standard InChI is InChI=1S/C31H37NO5/c1-24(27-13-9-25(10-14-27)17-21-33)32-20-19-31(37-30(32)34,28-7-4-3-5-8-28)18-6-22-36-23-26-11-15-29(35-2)16-12-26/h3-5,7-16,24,33H,6,17-23H2,1-2H3/t24-,31+/m0/s1. The summed E-state index contributed by atoms with van der Waals surface area (Å²) < 4.78 is 17.4. The highest BCUT2D eigenvalue weighted by Gasteiger charge is 2.43. The van der Waals surface area contributed by atoms with E-state index in [9.17, 15) is 4.79 Å². The predicted octanol–water partition coefficient (Wildman–Crippen LogP) is 6.03. The SMILES string of the molecule is COc1ccc(COCCC[C@]2(c3ccccc3)CCN([C@@H](C)c3ccc(CCO)cc3)C(=O)O2)cc1. The van der Waals surface area contributed by atoms with Gasteiger partial charge in [-0.1, -0.05) is 66.7 Å². The molecule has 6 nitrogen and oxygen atoms in total. The van der Waals surface area contributed by atoms with E-state index in [4.69, 9.17) is 19.3 Å². The number of rotatable bonds is 12. The average Bonchev–Trinajstić information content (AvgIpc) is 2.94. The van der Waals surface area contributed by atoms with Crippen molar-refractivity contribution < 1.29 is 24.1 Å². The molecule has 3 aromatic rings. The number of amides is 1. The van der Waals surface area contributed by atoms with Gasteiger partial charge < -0.3 is 24.2 Å². The molecular weight excluding hydrogens is 466 g/mol. The molecule has 0 radical (unpaired) electrons. The molecule has 4 rings (SSSR count). The maximum absolute atomic E-state index is 13.3. The van der Waals surface area contributed by atoms with E-state index in [0.717, 1.165) is 34.4 Å². The Bertz CT molecular complexity index is 1120. The van der Waals surface area contributed by atoms with Crippen LogP contribution in [0.1, 0.15) is 54.5 Å². The molecule has 3 aromatic carbocycles. The number of aliphatic hydroxyl groups excluding tert-OH is 1. The van der Waals surface area contributed by atoms with Crippen molar-refractivity contribution in [2.24, 2.45) is 0 Å². The third-order valence-corrected chi connectivity index (χ3v) is 7.20. The zero-order valence-electron chi connectivity index (χ0n) is 21.8. The van der Waals surface area contributed by atoms with Crippen molar-refractivity contribution in [1.29, 1.82) is 0 Å². The average molecular weight is 504 g/mol. The van der Waals surface area contributed by atoms with Crippen LogP contribution in [0.5, 0.6) is 5.75 Å². The summed E-state index contributed by atoms with van der Waals surface area (Å²) in [6.45, 7) is 3.88. The first-order chi connectivity index (χ1) is 18.0. The monoisotopic (exact) mass is 503 g/mol. The van der Waals surface area contributed by atoms with Crippen molar-refractivity contribution in [3.8, 4) is 5.75 Å². The number of ether oxygens (including phenoxy) is 3. The van der Waals surface area contributed by atoms with E-state index in [1.165, 1.54) is 0 Å². The first-order valence-corrected chi connectivity index (χ1v) is 13.0. The van der Waals surface area contributed by atoms with Crippen molar-refractivity contribution in [1.82, 2.24) is 4.90 Å². The van der Waals surface area contributed by atoms with E-state index >= 15 is 0 Å². The number of benzene rings is 3. The van der Waals surface area contributed by atoms with Crippen LogP contribution in [0, 0.1) is 0 Å². The molecule has 1 N–H and O–H groups in total. The summed E-state index contributed by atoms with van der Waals surface area (Å²) in [4.78, 5) is 15.1. The van der Waals surface area contributed by atoms with Crippen molar-refractivity contribution in [2.45, 2.75) is 50.9 Å². The Labute approximate surface area is 219 Å². The quantitative estimate of drug-likeness (QED) is 0.306. The summed E-state index contributed by atoms with van der Waals surface area (Å²) in [5.74, 6) is 0.828. The first kappa shape index (κ1) is 26.7. The molecule has 0 unspecified atom stereocenters. The Balaban J connectivity index is 1.37. The predicted molar refractivity (Wildman–Crippen MR) is 143 cm³/mol. The maximum atomic E-state index is 13.3. The second-order valence-corrected chi connectivity index (χ2v) is 9.57. The number of nitrogens with zero attached hydrogens (tertiary/aromatic N) is 1. The molecule has 6 heteroatoms. The Morgan fingerprint density at radius 3 is 2.35 bits per heavy atom. The van der Waals surface area contributed by atoms with Crippen LogP contribution in [0.25, 0.3) is 0 Å². The van der Waals surface area contributed by atoms with Crippen molar-refractivity contribution in [2.75, 3.05) is 26.9 Å². The molecule has 196 valence electrons. The molecule has 1 amide bonds. The van der Waals surface area contributed by atoms with Gasteiger partial charge in [-0.05, 0) is 60.6 Å². The first-order valence-electron chi connectivity index (χ1n) is 13.0. The van der Waals surface area contributed by atoms with Crippen LogP contribution in [0.15, 0.2) is 78.9 Å². The fourth-order valence-corrected chi connectivity index (χ4v) is 4.93. The van der Waals surface area contributed by atoms with Gasteiger partial charge in [-0.25, -0.2) is 4.79 Å². The minimum Gasteiger partial charge on any atom is -0.497 e. The summed E-state index contributed by atoms with van der Waals surface area (Å²) in [5.41, 5.74) is 3.59. The number of methoxy groups -OCH3 is 1. The van der Waals surface area contributed by atoms with E-state index in [0.29, 0.717) is 39.0 Å². The van der Waals surface area contributed by atoms with Gasteiger partial charge in [-0.3, -0.25) is 0 Å². The number of hydrogen-bond donors (Lipinski definition) is 1. The van der Waals surface area contributed by atoms with Gasteiger partial charge >= 0.3 is 6.09 Å². The minimum absolute atomic E-state index is 0.0997. The lowest BCUT2D eigenvalue weighted by atomic mass is 9.84. The smallest absolute Gasteiger partial charge is 0.411 e. The third kappa shape index (κ3) is 6.70. The molecule has 1 fully saturated rings. The molecule has 37 heavy (non-hydrogen) atoms. The topological polar surface area (TPSA) is 68.2 Å². The summed E-state index contributed by atoms with van der Waals surface area (Å²) >= 11 is 0. The van der Waals surface area contributed by atoms with Gasteiger partial charge in [0.05, 0.1) is 19.8 Å². The highest BCUT2D eigenvalue weighted by Crippen LogP contribution is 2.40. The normalized spacial score (nSPS) is 18.4. The number of aliphatic hydroxyl groups is 1. The third-order valence-electron chi connectivity index (χ3n) is 7.20. The van der Waals surface area contributed by atoms with E-state index in [-0.39, 0.29) is 18.7 Å². The van der Waals surface area contributed by atoms with Crippen LogP contribution < -0.4 is 4.74 Å². The Morgan fingerprint density at radius 1 is 1.00 bits per heavy atom. The molecule has 1 heterocycles. The number of cyclic esters (lactones) is 1. The van der Waals surface area contributed by atoms with Gasteiger partial charge in [0.1, 0.15) is 11.4 Å². The zero-order valence-corrected chi connectivity index (χ0v) is 21.8. The number of carbonyl (C=O) groups is 1. The van der Waals surface area contributed by atoms with Crippen LogP contribution in [0.3, 0.4) is 0 Å². The van der Waals surface area contributed by atoms with Crippen molar-refractivity contribution in [3.63, 3.8) is 0 Å². The largest absolute Gasteiger partial charge is 0.497 e. The number of hydrogen-bond acceptors (Lipinski definition) is 5. The molecule has 0 aromatic heterocycles. The lowest BCUT2D eigenvalue weighted by molar-refractivity contribution is -0.0695. The molecule has 1 saturated heterocycles. The van der Waals surface area contributed by atoms with E-state index in [1.54, 1.807) is 7.11 Å². The number of carbonyl (C=O) groups excluding carboxylic acids is 1. The fourth-order valence-electron chi connectivity index (χ4n) is 4.93. The van der Waals surface area contributed by atoms with E-state index < -0.39 is 5.60 Å². The van der Waals surface area contributed by atoms with Crippen LogP contribution in [-0.2, 0) is 28.1 Å².